The average Bonchev–Trinajstić information content (AvgIpc) is 2.83. The molecule has 0 saturated carbocycles. The standard InChI is InChI=1S/C9H10N6O3S/c10-19(17,18)5-6-1-3-7(4-2-6)11-9(16)8-12-14-15-13-8/h1-4H,5H2,(H,11,16)(H2,10,17,18)(H,12,13,14,15). The zero-order valence-electron chi connectivity index (χ0n) is 9.57. The molecule has 2 rings (SSSR count). The number of aromatic amines is 1. The highest BCUT2D eigenvalue weighted by Gasteiger charge is 2.11. The lowest BCUT2D eigenvalue weighted by molar-refractivity contribution is 0.101. The van der Waals surface area contributed by atoms with Crippen molar-refractivity contribution in [2.75, 3.05) is 5.32 Å². The summed E-state index contributed by atoms with van der Waals surface area (Å²) in [6.45, 7) is 0. The van der Waals surface area contributed by atoms with Crippen molar-refractivity contribution >= 4 is 21.6 Å². The largest absolute Gasteiger partial charge is 0.319 e. The van der Waals surface area contributed by atoms with Gasteiger partial charge in [-0.05, 0) is 22.9 Å². The molecule has 2 aromatic rings. The van der Waals surface area contributed by atoms with Gasteiger partial charge in [-0.2, -0.15) is 5.21 Å². The minimum atomic E-state index is -3.57. The van der Waals surface area contributed by atoms with Gasteiger partial charge in [0, 0.05) is 5.69 Å². The lowest BCUT2D eigenvalue weighted by Gasteiger charge is -2.04. The van der Waals surface area contributed by atoms with Gasteiger partial charge in [0.1, 0.15) is 0 Å². The Morgan fingerprint density at radius 1 is 1.32 bits per heavy atom. The molecule has 100 valence electrons. The highest BCUT2D eigenvalue weighted by atomic mass is 32.2. The van der Waals surface area contributed by atoms with Crippen LogP contribution in [0.25, 0.3) is 0 Å². The monoisotopic (exact) mass is 282 g/mol. The lowest BCUT2D eigenvalue weighted by Crippen LogP contribution is -2.15. The number of rotatable bonds is 4. The summed E-state index contributed by atoms with van der Waals surface area (Å²) in [5.41, 5.74) is 1.01. The maximum Gasteiger partial charge on any atom is 0.297 e. The number of benzene rings is 1. The molecule has 0 aliphatic heterocycles. The van der Waals surface area contributed by atoms with Crippen molar-refractivity contribution in [1.29, 1.82) is 0 Å². The summed E-state index contributed by atoms with van der Waals surface area (Å²) in [4.78, 5) is 11.6. The molecule has 0 bridgehead atoms. The molecule has 4 N–H and O–H groups in total. The SMILES string of the molecule is NS(=O)(=O)Cc1ccc(NC(=O)c2nn[nH]n2)cc1. The molecule has 0 unspecified atom stereocenters. The first-order valence-electron chi connectivity index (χ1n) is 5.08. The summed E-state index contributed by atoms with van der Waals surface area (Å²) in [5.74, 6) is -0.868. The van der Waals surface area contributed by atoms with Gasteiger partial charge in [0.15, 0.2) is 0 Å². The van der Waals surface area contributed by atoms with E-state index in [2.05, 4.69) is 25.9 Å². The minimum Gasteiger partial charge on any atom is -0.319 e. The number of hydrogen-bond acceptors (Lipinski definition) is 6. The van der Waals surface area contributed by atoms with Crippen LogP contribution in [0.4, 0.5) is 5.69 Å². The number of hydrogen-bond donors (Lipinski definition) is 3. The molecule has 1 amide bonds. The number of aromatic nitrogens is 4. The second kappa shape index (κ2) is 5.12. The molecule has 9 nitrogen and oxygen atoms in total. The van der Waals surface area contributed by atoms with E-state index in [1.807, 2.05) is 0 Å². The summed E-state index contributed by atoms with van der Waals surface area (Å²) in [7, 11) is -3.57. The van der Waals surface area contributed by atoms with Crippen molar-refractivity contribution < 1.29 is 13.2 Å². The third-order valence-electron chi connectivity index (χ3n) is 2.13. The molecular weight excluding hydrogens is 272 g/mol. The second-order valence-electron chi connectivity index (χ2n) is 3.69. The number of tetrazole rings is 1. The molecule has 0 radical (unpaired) electrons. The quantitative estimate of drug-likeness (QED) is 0.672. The Hall–Kier alpha value is -2.33. The van der Waals surface area contributed by atoms with Crippen LogP contribution in [0.2, 0.25) is 0 Å². The summed E-state index contributed by atoms with van der Waals surface area (Å²) in [6.07, 6.45) is 0. The lowest BCUT2D eigenvalue weighted by atomic mass is 10.2. The number of nitrogens with zero attached hydrogens (tertiary/aromatic N) is 3. The van der Waals surface area contributed by atoms with Crippen LogP contribution in [0.1, 0.15) is 16.2 Å². The molecule has 0 saturated heterocycles. The van der Waals surface area contributed by atoms with E-state index in [9.17, 15) is 13.2 Å². The molecule has 0 fully saturated rings. The first-order chi connectivity index (χ1) is 8.94. The van der Waals surface area contributed by atoms with Crippen molar-refractivity contribution in [2.24, 2.45) is 5.14 Å². The van der Waals surface area contributed by atoms with Gasteiger partial charge < -0.3 is 5.32 Å². The van der Waals surface area contributed by atoms with E-state index in [0.717, 1.165) is 0 Å². The van der Waals surface area contributed by atoms with Crippen LogP contribution in [-0.4, -0.2) is 34.9 Å². The summed E-state index contributed by atoms with van der Waals surface area (Å²) >= 11 is 0. The Balaban J connectivity index is 2.05. The number of carbonyl (C=O) groups excluding carboxylic acids is 1. The van der Waals surface area contributed by atoms with Gasteiger partial charge in [-0.3, -0.25) is 4.79 Å². The van der Waals surface area contributed by atoms with Crippen LogP contribution < -0.4 is 10.5 Å². The van der Waals surface area contributed by atoms with E-state index >= 15 is 0 Å². The molecule has 1 aromatic carbocycles. The first-order valence-corrected chi connectivity index (χ1v) is 6.80. The zero-order chi connectivity index (χ0) is 13.9. The fourth-order valence-corrected chi connectivity index (χ4v) is 2.02. The van der Waals surface area contributed by atoms with Crippen LogP contribution >= 0.6 is 0 Å². The summed E-state index contributed by atoms with van der Waals surface area (Å²) in [5, 5.41) is 19.9. The topological polar surface area (TPSA) is 144 Å². The Morgan fingerprint density at radius 3 is 2.53 bits per heavy atom. The van der Waals surface area contributed by atoms with Crippen molar-refractivity contribution in [2.45, 2.75) is 5.75 Å². The van der Waals surface area contributed by atoms with Gasteiger partial charge in [0.05, 0.1) is 5.75 Å². The number of nitrogens with two attached hydrogens (primary N) is 1. The van der Waals surface area contributed by atoms with Gasteiger partial charge in [0.2, 0.25) is 10.0 Å². The Labute approximate surface area is 108 Å². The molecule has 10 heteroatoms. The van der Waals surface area contributed by atoms with E-state index in [-0.39, 0.29) is 11.6 Å². The molecule has 0 aliphatic rings. The molecule has 19 heavy (non-hydrogen) atoms. The number of anilines is 1. The average molecular weight is 282 g/mol. The summed E-state index contributed by atoms with van der Waals surface area (Å²) in [6, 6.07) is 6.21. The molecule has 1 heterocycles. The molecule has 1 aromatic heterocycles. The fourth-order valence-electron chi connectivity index (χ4n) is 1.36. The predicted molar refractivity (Wildman–Crippen MR) is 65.4 cm³/mol. The maximum absolute atomic E-state index is 11.6. The zero-order valence-corrected chi connectivity index (χ0v) is 10.4. The van der Waals surface area contributed by atoms with Gasteiger partial charge in [-0.1, -0.05) is 12.1 Å². The van der Waals surface area contributed by atoms with Crippen molar-refractivity contribution in [1.82, 2.24) is 20.6 Å². The van der Waals surface area contributed by atoms with Gasteiger partial charge >= 0.3 is 0 Å². The molecular formula is C9H10N6O3S. The number of carbonyl (C=O) groups is 1. The third-order valence-corrected chi connectivity index (χ3v) is 2.86. The Bertz CT molecular complexity index is 664. The smallest absolute Gasteiger partial charge is 0.297 e. The number of sulfonamides is 1. The third kappa shape index (κ3) is 3.82. The van der Waals surface area contributed by atoms with E-state index in [1.54, 1.807) is 24.3 Å². The molecule has 0 atom stereocenters. The van der Waals surface area contributed by atoms with Crippen molar-refractivity contribution in [3.05, 3.63) is 35.7 Å². The van der Waals surface area contributed by atoms with E-state index in [4.69, 9.17) is 5.14 Å². The summed E-state index contributed by atoms with van der Waals surface area (Å²) < 4.78 is 21.8. The maximum atomic E-state index is 11.6. The molecule has 0 aliphatic carbocycles. The first kappa shape index (κ1) is 13.1. The highest BCUT2D eigenvalue weighted by Crippen LogP contribution is 2.11. The van der Waals surface area contributed by atoms with Crippen LogP contribution in [0, 0.1) is 0 Å². The van der Waals surface area contributed by atoms with E-state index < -0.39 is 15.9 Å². The van der Waals surface area contributed by atoms with Crippen LogP contribution in [0.15, 0.2) is 24.3 Å². The Morgan fingerprint density at radius 2 is 2.00 bits per heavy atom. The van der Waals surface area contributed by atoms with E-state index in [1.165, 1.54) is 0 Å². The minimum absolute atomic E-state index is 0.0892. The predicted octanol–water partition coefficient (Wildman–Crippen LogP) is -0.760. The van der Waals surface area contributed by atoms with Gasteiger partial charge in [0.25, 0.3) is 11.7 Å². The van der Waals surface area contributed by atoms with Crippen LogP contribution in [0.3, 0.4) is 0 Å². The number of H-pyrrole nitrogens is 1. The van der Waals surface area contributed by atoms with Crippen LogP contribution in [0.5, 0.6) is 0 Å². The van der Waals surface area contributed by atoms with Crippen molar-refractivity contribution in [3.63, 3.8) is 0 Å². The number of nitrogens with one attached hydrogen (secondary N) is 2. The Kier molecular flexibility index (Phi) is 3.53. The van der Waals surface area contributed by atoms with Crippen LogP contribution in [-0.2, 0) is 15.8 Å². The molecule has 0 spiro atoms. The normalized spacial score (nSPS) is 11.2. The van der Waals surface area contributed by atoms with E-state index in [0.29, 0.717) is 11.3 Å². The van der Waals surface area contributed by atoms with Gasteiger partial charge in [-0.15, -0.1) is 10.2 Å². The number of primary sulfonamides is 1. The van der Waals surface area contributed by atoms with Gasteiger partial charge in [-0.25, -0.2) is 13.6 Å². The fraction of sp³-hybridized carbons (Fsp3) is 0.111. The number of amides is 1. The van der Waals surface area contributed by atoms with Crippen molar-refractivity contribution in [3.8, 4) is 0 Å². The highest BCUT2D eigenvalue weighted by molar-refractivity contribution is 7.88. The second-order valence-corrected chi connectivity index (χ2v) is 5.31.